The van der Waals surface area contributed by atoms with Crippen molar-refractivity contribution in [3.63, 3.8) is 0 Å². The summed E-state index contributed by atoms with van der Waals surface area (Å²) in [7, 11) is 0. The summed E-state index contributed by atoms with van der Waals surface area (Å²) >= 11 is 0. The van der Waals surface area contributed by atoms with E-state index in [0.717, 1.165) is 6.42 Å². The number of nitrogens with one attached hydrogen (secondary N) is 1. The molecule has 1 amide bonds. The number of rotatable bonds is 7. The van der Waals surface area contributed by atoms with E-state index in [-0.39, 0.29) is 23.7 Å². The second-order valence-corrected chi connectivity index (χ2v) is 5.75. The van der Waals surface area contributed by atoms with Crippen LogP contribution in [0.15, 0.2) is 24.3 Å². The normalized spacial score (nSPS) is 14.1. The van der Waals surface area contributed by atoms with Crippen molar-refractivity contribution >= 4 is 5.91 Å². The van der Waals surface area contributed by atoms with Crippen molar-refractivity contribution in [1.29, 1.82) is 0 Å². The van der Waals surface area contributed by atoms with Crippen LogP contribution in [-0.4, -0.2) is 12.5 Å². The lowest BCUT2D eigenvalue weighted by Crippen LogP contribution is -2.31. The van der Waals surface area contributed by atoms with Gasteiger partial charge in [0.1, 0.15) is 5.82 Å². The molecule has 0 spiro atoms. The fourth-order valence-electron chi connectivity index (χ4n) is 2.40. The third kappa shape index (κ3) is 5.29. The summed E-state index contributed by atoms with van der Waals surface area (Å²) < 4.78 is 13.6. The molecule has 0 unspecified atom stereocenters. The van der Waals surface area contributed by atoms with Crippen LogP contribution in [0.4, 0.5) is 4.39 Å². The van der Waals surface area contributed by atoms with Crippen LogP contribution in [0.2, 0.25) is 0 Å². The van der Waals surface area contributed by atoms with E-state index in [2.05, 4.69) is 19.2 Å². The van der Waals surface area contributed by atoms with Crippen molar-refractivity contribution in [2.75, 3.05) is 6.54 Å². The van der Waals surface area contributed by atoms with Gasteiger partial charge in [0.2, 0.25) is 5.91 Å². The van der Waals surface area contributed by atoms with Crippen LogP contribution in [0.1, 0.15) is 45.2 Å². The maximum atomic E-state index is 13.6. The van der Waals surface area contributed by atoms with E-state index in [1.807, 2.05) is 0 Å². The molecule has 3 N–H and O–H groups in total. The number of halogens is 1. The molecule has 0 bridgehead atoms. The summed E-state index contributed by atoms with van der Waals surface area (Å²) in [6.07, 6.45) is 1.32. The molecule has 1 aromatic rings. The molecule has 3 nitrogen and oxygen atoms in total. The zero-order valence-corrected chi connectivity index (χ0v) is 12.5. The van der Waals surface area contributed by atoms with E-state index in [0.29, 0.717) is 24.4 Å². The molecule has 20 heavy (non-hydrogen) atoms. The highest BCUT2D eigenvalue weighted by Crippen LogP contribution is 2.18. The molecule has 0 fully saturated rings. The van der Waals surface area contributed by atoms with Gasteiger partial charge in [-0.25, -0.2) is 4.39 Å². The minimum atomic E-state index is -0.332. The fourth-order valence-corrected chi connectivity index (χ4v) is 2.40. The molecule has 0 radical (unpaired) electrons. The summed E-state index contributed by atoms with van der Waals surface area (Å²) in [5.74, 6) is 0.331. The van der Waals surface area contributed by atoms with Crippen molar-refractivity contribution in [3.05, 3.63) is 35.6 Å². The number of carbonyl (C=O) groups is 1. The van der Waals surface area contributed by atoms with Crippen LogP contribution in [0.3, 0.4) is 0 Å². The molecule has 1 rings (SSSR count). The largest absolute Gasteiger partial charge is 0.349 e. The highest BCUT2D eigenvalue weighted by molar-refractivity contribution is 5.76. The first kappa shape index (κ1) is 16.6. The Morgan fingerprint density at radius 3 is 2.50 bits per heavy atom. The standard InChI is InChI=1S/C16H25FN2O/c1-11(2)8-13(10-18)9-16(20)19-12(3)14-6-4-5-7-15(14)17/h4-7,11-13H,8-10,18H2,1-3H3,(H,19,20)/t12-,13+/m1/s1. The minimum Gasteiger partial charge on any atom is -0.349 e. The lowest BCUT2D eigenvalue weighted by atomic mass is 9.94. The average molecular weight is 280 g/mol. The molecule has 0 saturated heterocycles. The molecule has 0 aromatic heterocycles. The van der Waals surface area contributed by atoms with Crippen LogP contribution in [0.5, 0.6) is 0 Å². The quantitative estimate of drug-likeness (QED) is 0.806. The first-order chi connectivity index (χ1) is 9.43. The highest BCUT2D eigenvalue weighted by Gasteiger charge is 2.17. The van der Waals surface area contributed by atoms with Gasteiger partial charge in [0.25, 0.3) is 0 Å². The third-order valence-electron chi connectivity index (χ3n) is 3.36. The van der Waals surface area contributed by atoms with Crippen molar-refractivity contribution < 1.29 is 9.18 Å². The molecule has 0 heterocycles. The molecule has 0 saturated carbocycles. The second-order valence-electron chi connectivity index (χ2n) is 5.75. The van der Waals surface area contributed by atoms with Crippen LogP contribution < -0.4 is 11.1 Å². The molecule has 1 aromatic carbocycles. The van der Waals surface area contributed by atoms with Crippen LogP contribution in [0, 0.1) is 17.7 Å². The van der Waals surface area contributed by atoms with Crippen LogP contribution in [-0.2, 0) is 4.79 Å². The SMILES string of the molecule is CC(C)C[C@H](CN)CC(=O)N[C@H](C)c1ccccc1F. The minimum absolute atomic E-state index is 0.0724. The Morgan fingerprint density at radius 1 is 1.30 bits per heavy atom. The number of amides is 1. The first-order valence-electron chi connectivity index (χ1n) is 7.17. The molecule has 0 aliphatic carbocycles. The lowest BCUT2D eigenvalue weighted by Gasteiger charge is -2.19. The van der Waals surface area contributed by atoms with Gasteiger partial charge in [-0.15, -0.1) is 0 Å². The topological polar surface area (TPSA) is 55.1 Å². The van der Waals surface area contributed by atoms with E-state index >= 15 is 0 Å². The van der Waals surface area contributed by atoms with E-state index in [4.69, 9.17) is 5.73 Å². The van der Waals surface area contributed by atoms with E-state index in [9.17, 15) is 9.18 Å². The Bertz CT molecular complexity index is 434. The number of hydrogen-bond donors (Lipinski definition) is 2. The number of nitrogens with two attached hydrogens (primary N) is 1. The highest BCUT2D eigenvalue weighted by atomic mass is 19.1. The molecular formula is C16H25FN2O. The van der Waals surface area contributed by atoms with Crippen LogP contribution in [0.25, 0.3) is 0 Å². The Hall–Kier alpha value is -1.42. The number of hydrogen-bond acceptors (Lipinski definition) is 2. The van der Waals surface area contributed by atoms with Crippen LogP contribution >= 0.6 is 0 Å². The van der Waals surface area contributed by atoms with Gasteiger partial charge in [0.05, 0.1) is 6.04 Å². The Labute approximate surface area is 120 Å². The molecule has 112 valence electrons. The fraction of sp³-hybridized carbons (Fsp3) is 0.562. The third-order valence-corrected chi connectivity index (χ3v) is 3.36. The van der Waals surface area contributed by atoms with Gasteiger partial charge in [-0.05, 0) is 37.8 Å². The van der Waals surface area contributed by atoms with E-state index < -0.39 is 0 Å². The zero-order chi connectivity index (χ0) is 15.1. The van der Waals surface area contributed by atoms with Gasteiger partial charge in [-0.1, -0.05) is 32.0 Å². The maximum Gasteiger partial charge on any atom is 0.220 e. The number of carbonyl (C=O) groups excluding carboxylic acids is 1. The Kier molecular flexibility index (Phi) is 6.65. The van der Waals surface area contributed by atoms with E-state index in [1.165, 1.54) is 6.07 Å². The Morgan fingerprint density at radius 2 is 1.95 bits per heavy atom. The van der Waals surface area contributed by atoms with Gasteiger partial charge in [-0.2, -0.15) is 0 Å². The molecule has 0 aliphatic rings. The molecule has 0 aliphatic heterocycles. The van der Waals surface area contributed by atoms with E-state index in [1.54, 1.807) is 25.1 Å². The lowest BCUT2D eigenvalue weighted by molar-refractivity contribution is -0.122. The summed E-state index contributed by atoms with van der Waals surface area (Å²) in [6, 6.07) is 6.17. The molecule has 4 heteroatoms. The van der Waals surface area contributed by atoms with Gasteiger partial charge in [0, 0.05) is 12.0 Å². The average Bonchev–Trinajstić information content (AvgIpc) is 2.37. The van der Waals surface area contributed by atoms with Gasteiger partial charge >= 0.3 is 0 Å². The monoisotopic (exact) mass is 280 g/mol. The van der Waals surface area contributed by atoms with Crippen molar-refractivity contribution in [3.8, 4) is 0 Å². The zero-order valence-electron chi connectivity index (χ0n) is 12.5. The van der Waals surface area contributed by atoms with Crippen molar-refractivity contribution in [2.45, 2.75) is 39.7 Å². The first-order valence-corrected chi connectivity index (χ1v) is 7.17. The second kappa shape index (κ2) is 8.00. The number of benzene rings is 1. The Balaban J connectivity index is 2.55. The van der Waals surface area contributed by atoms with Gasteiger partial charge < -0.3 is 11.1 Å². The summed E-state index contributed by atoms with van der Waals surface area (Å²) in [4.78, 5) is 12.0. The molecular weight excluding hydrogens is 255 g/mol. The molecule has 2 atom stereocenters. The predicted molar refractivity (Wildman–Crippen MR) is 79.6 cm³/mol. The van der Waals surface area contributed by atoms with Gasteiger partial charge in [0.15, 0.2) is 0 Å². The summed E-state index contributed by atoms with van der Waals surface area (Å²) in [5.41, 5.74) is 6.20. The smallest absolute Gasteiger partial charge is 0.220 e. The van der Waals surface area contributed by atoms with Gasteiger partial charge in [-0.3, -0.25) is 4.79 Å². The van der Waals surface area contributed by atoms with Crippen molar-refractivity contribution in [1.82, 2.24) is 5.32 Å². The van der Waals surface area contributed by atoms with Crippen molar-refractivity contribution in [2.24, 2.45) is 17.6 Å². The summed E-state index contributed by atoms with van der Waals surface area (Å²) in [6.45, 7) is 6.51. The maximum absolute atomic E-state index is 13.6. The summed E-state index contributed by atoms with van der Waals surface area (Å²) in [5, 5.41) is 2.84. The predicted octanol–water partition coefficient (Wildman–Crippen LogP) is 3.01.